The zero-order valence-electron chi connectivity index (χ0n) is 14.6. The van der Waals surface area contributed by atoms with E-state index in [1.807, 2.05) is 11.5 Å². The fourth-order valence-corrected chi connectivity index (χ4v) is 3.06. The number of aromatic nitrogens is 3. The summed E-state index contributed by atoms with van der Waals surface area (Å²) < 4.78 is 16.3. The smallest absolute Gasteiger partial charge is 0.343 e. The third kappa shape index (κ3) is 3.01. The van der Waals surface area contributed by atoms with Crippen molar-refractivity contribution in [2.75, 3.05) is 0 Å². The van der Waals surface area contributed by atoms with Gasteiger partial charge in [-0.3, -0.25) is 4.79 Å². The van der Waals surface area contributed by atoms with Crippen molar-refractivity contribution < 1.29 is 14.1 Å². The summed E-state index contributed by atoms with van der Waals surface area (Å²) in [6.45, 7) is 5.08. The first kappa shape index (κ1) is 17.5. The molecule has 1 aromatic carbocycles. The topological polar surface area (TPSA) is 83.0 Å². The Kier molecular flexibility index (Phi) is 4.41. The number of Topliss-reactive ketones (excluding diaryl/α,β-unsaturated/α-hetero) is 1. The molecule has 0 saturated heterocycles. The summed E-state index contributed by atoms with van der Waals surface area (Å²) in [5.74, 6) is -0.411. The maximum absolute atomic E-state index is 13.2. The molecular weight excluding hydrogens is 339 g/mol. The van der Waals surface area contributed by atoms with Crippen LogP contribution in [-0.2, 0) is 6.54 Å². The first-order valence-electron chi connectivity index (χ1n) is 7.94. The Hall–Kier alpha value is -3.29. The number of imidazole rings is 1. The number of hydrogen-bond donors (Lipinski definition) is 0. The summed E-state index contributed by atoms with van der Waals surface area (Å²) in [4.78, 5) is 27.2. The lowest BCUT2D eigenvalue weighted by atomic mass is 10.1. The SMILES string of the molecule is Cc1ncc([N+](=O)[O-])n1CC(=O)c1cc(C)n(-c2ccc(F)cc2)c1C. The molecule has 0 unspecified atom stereocenters. The van der Waals surface area contributed by atoms with Crippen LogP contribution in [0.15, 0.2) is 36.5 Å². The van der Waals surface area contributed by atoms with E-state index in [4.69, 9.17) is 0 Å². The minimum atomic E-state index is -0.560. The van der Waals surface area contributed by atoms with Gasteiger partial charge in [-0.15, -0.1) is 0 Å². The number of aryl methyl sites for hydroxylation is 2. The molecule has 0 radical (unpaired) electrons. The monoisotopic (exact) mass is 356 g/mol. The summed E-state index contributed by atoms with van der Waals surface area (Å²) in [5, 5.41) is 11.1. The van der Waals surface area contributed by atoms with Gasteiger partial charge in [-0.2, -0.15) is 0 Å². The summed E-state index contributed by atoms with van der Waals surface area (Å²) in [6, 6.07) is 7.71. The molecule has 0 atom stereocenters. The lowest BCUT2D eigenvalue weighted by Crippen LogP contribution is -2.14. The predicted octanol–water partition coefficient (Wildman–Crippen LogP) is 3.53. The van der Waals surface area contributed by atoms with E-state index in [1.165, 1.54) is 16.7 Å². The van der Waals surface area contributed by atoms with E-state index in [-0.39, 0.29) is 24.0 Å². The van der Waals surface area contributed by atoms with Gasteiger partial charge in [0.1, 0.15) is 12.0 Å². The second-order valence-corrected chi connectivity index (χ2v) is 6.03. The molecule has 0 spiro atoms. The van der Waals surface area contributed by atoms with Crippen LogP contribution in [0, 0.1) is 36.7 Å². The fraction of sp³-hybridized carbons (Fsp3) is 0.222. The Morgan fingerprint density at radius 3 is 2.50 bits per heavy atom. The van der Waals surface area contributed by atoms with Crippen LogP contribution in [0.25, 0.3) is 5.69 Å². The molecular formula is C18H17FN4O3. The van der Waals surface area contributed by atoms with Gasteiger partial charge in [0.05, 0.1) is 0 Å². The van der Waals surface area contributed by atoms with Gasteiger partial charge >= 0.3 is 5.82 Å². The van der Waals surface area contributed by atoms with Crippen LogP contribution < -0.4 is 0 Å². The van der Waals surface area contributed by atoms with Gasteiger partial charge in [-0.1, -0.05) is 0 Å². The Morgan fingerprint density at radius 2 is 1.88 bits per heavy atom. The molecule has 3 rings (SSSR count). The van der Waals surface area contributed by atoms with Gasteiger partial charge in [0, 0.05) is 29.6 Å². The molecule has 2 aromatic heterocycles. The van der Waals surface area contributed by atoms with Crippen molar-refractivity contribution in [3.8, 4) is 5.69 Å². The lowest BCUT2D eigenvalue weighted by Gasteiger charge is -2.09. The third-order valence-corrected chi connectivity index (χ3v) is 4.34. The molecule has 0 bridgehead atoms. The zero-order chi connectivity index (χ0) is 19.0. The average molecular weight is 356 g/mol. The molecule has 7 nitrogen and oxygen atoms in total. The van der Waals surface area contributed by atoms with Gasteiger partial charge in [-0.05, 0) is 49.1 Å². The molecule has 0 N–H and O–H groups in total. The predicted molar refractivity (Wildman–Crippen MR) is 93.1 cm³/mol. The van der Waals surface area contributed by atoms with E-state index in [9.17, 15) is 19.3 Å². The maximum Gasteiger partial charge on any atom is 0.343 e. The van der Waals surface area contributed by atoms with Gasteiger partial charge in [-0.25, -0.2) is 13.9 Å². The van der Waals surface area contributed by atoms with Crippen molar-refractivity contribution in [1.82, 2.24) is 14.1 Å². The largest absolute Gasteiger partial charge is 0.358 e. The van der Waals surface area contributed by atoms with Gasteiger partial charge in [0.15, 0.2) is 12.4 Å². The van der Waals surface area contributed by atoms with Crippen molar-refractivity contribution in [2.24, 2.45) is 0 Å². The number of carbonyl (C=O) groups is 1. The van der Waals surface area contributed by atoms with Crippen LogP contribution in [0.4, 0.5) is 10.2 Å². The Balaban J connectivity index is 1.97. The number of hydrogen-bond acceptors (Lipinski definition) is 4. The summed E-state index contributed by atoms with van der Waals surface area (Å²) >= 11 is 0. The highest BCUT2D eigenvalue weighted by Gasteiger charge is 2.24. The van der Waals surface area contributed by atoms with Gasteiger partial charge < -0.3 is 14.7 Å². The van der Waals surface area contributed by atoms with Crippen LogP contribution in [0.2, 0.25) is 0 Å². The second kappa shape index (κ2) is 6.55. The number of halogens is 1. The normalized spacial score (nSPS) is 10.9. The molecule has 0 saturated carbocycles. The first-order valence-corrected chi connectivity index (χ1v) is 7.94. The average Bonchev–Trinajstić information content (AvgIpc) is 3.09. The van der Waals surface area contributed by atoms with E-state index in [1.54, 1.807) is 32.0 Å². The minimum Gasteiger partial charge on any atom is -0.358 e. The van der Waals surface area contributed by atoms with Gasteiger partial charge in [0.25, 0.3) is 0 Å². The fourth-order valence-electron chi connectivity index (χ4n) is 3.06. The minimum absolute atomic E-state index is 0.171. The highest BCUT2D eigenvalue weighted by molar-refractivity contribution is 5.97. The van der Waals surface area contributed by atoms with Crippen LogP contribution in [0.1, 0.15) is 27.6 Å². The second-order valence-electron chi connectivity index (χ2n) is 6.03. The Bertz CT molecular complexity index is 1000. The van der Waals surface area contributed by atoms with Crippen LogP contribution in [0.5, 0.6) is 0 Å². The van der Waals surface area contributed by atoms with Crippen molar-refractivity contribution in [3.63, 3.8) is 0 Å². The van der Waals surface area contributed by atoms with E-state index in [0.717, 1.165) is 17.6 Å². The highest BCUT2D eigenvalue weighted by Crippen LogP contribution is 2.23. The van der Waals surface area contributed by atoms with Gasteiger partial charge in [0.2, 0.25) is 5.78 Å². The number of rotatable bonds is 5. The van der Waals surface area contributed by atoms with E-state index < -0.39 is 4.92 Å². The summed E-state index contributed by atoms with van der Waals surface area (Å²) in [5.41, 5.74) is 2.72. The van der Waals surface area contributed by atoms with Crippen molar-refractivity contribution in [3.05, 3.63) is 75.2 Å². The molecule has 0 aliphatic carbocycles. The molecule has 134 valence electrons. The van der Waals surface area contributed by atoms with Crippen LogP contribution in [0.3, 0.4) is 0 Å². The van der Waals surface area contributed by atoms with Crippen molar-refractivity contribution >= 4 is 11.6 Å². The molecule has 0 aliphatic heterocycles. The standard InChI is InChI=1S/C18H17FN4O3/c1-11-8-16(12(2)22(11)15-6-4-14(19)5-7-15)17(24)10-21-13(3)20-9-18(21)23(25)26/h4-9H,10H2,1-3H3. The van der Waals surface area contributed by atoms with E-state index in [2.05, 4.69) is 4.98 Å². The van der Waals surface area contributed by atoms with Crippen LogP contribution in [-0.4, -0.2) is 24.8 Å². The lowest BCUT2D eigenvalue weighted by molar-refractivity contribution is -0.392. The Labute approximate surface area is 148 Å². The first-order chi connectivity index (χ1) is 12.3. The molecule has 0 fully saturated rings. The van der Waals surface area contributed by atoms with Crippen molar-refractivity contribution in [2.45, 2.75) is 27.3 Å². The quantitative estimate of drug-likeness (QED) is 0.398. The molecule has 0 aliphatic rings. The summed E-state index contributed by atoms with van der Waals surface area (Å²) in [6.07, 6.45) is 1.14. The molecule has 8 heteroatoms. The number of ketones is 1. The maximum atomic E-state index is 13.2. The number of nitrogens with zero attached hydrogens (tertiary/aromatic N) is 4. The third-order valence-electron chi connectivity index (χ3n) is 4.34. The van der Waals surface area contributed by atoms with E-state index in [0.29, 0.717) is 17.1 Å². The summed E-state index contributed by atoms with van der Waals surface area (Å²) in [7, 11) is 0. The van der Waals surface area contributed by atoms with E-state index >= 15 is 0 Å². The molecule has 0 amide bonds. The number of carbonyl (C=O) groups excluding carboxylic acids is 1. The highest BCUT2D eigenvalue weighted by atomic mass is 19.1. The number of nitro groups is 1. The van der Waals surface area contributed by atoms with Crippen molar-refractivity contribution in [1.29, 1.82) is 0 Å². The van der Waals surface area contributed by atoms with Crippen LogP contribution >= 0.6 is 0 Å². The molecule has 3 aromatic rings. The zero-order valence-corrected chi connectivity index (χ0v) is 14.6. The molecule has 26 heavy (non-hydrogen) atoms. The Morgan fingerprint density at radius 1 is 1.23 bits per heavy atom. The number of benzene rings is 1. The molecule has 2 heterocycles.